The van der Waals surface area contributed by atoms with Crippen LogP contribution in [0, 0.1) is 13.8 Å². The molecular weight excluding hydrogens is 258 g/mol. The average Bonchev–Trinajstić information content (AvgIpc) is 2.70. The van der Waals surface area contributed by atoms with Crippen LogP contribution in [0.5, 0.6) is 0 Å². The van der Waals surface area contributed by atoms with E-state index in [1.807, 2.05) is 13.1 Å². The van der Waals surface area contributed by atoms with Gasteiger partial charge in [-0.2, -0.15) is 0 Å². The molecule has 1 aliphatic heterocycles. The van der Waals surface area contributed by atoms with Crippen LogP contribution in [0.3, 0.4) is 0 Å². The number of hydrogen-bond acceptors (Lipinski definition) is 3. The van der Waals surface area contributed by atoms with Crippen LogP contribution < -0.4 is 10.6 Å². The Bertz CT molecular complexity index is 649. The molecule has 1 aliphatic rings. The molecular formula is C18H23N3. The largest absolute Gasteiger partial charge is 0.398 e. The number of nitrogens with two attached hydrogens (primary N) is 1. The van der Waals surface area contributed by atoms with E-state index >= 15 is 0 Å². The Morgan fingerprint density at radius 3 is 2.86 bits per heavy atom. The molecule has 3 nitrogen and oxygen atoms in total. The SMILES string of the molecule is Cc1cnc(CN2CCCCc3ccccc32)c(C)c1N. The van der Waals surface area contributed by atoms with Crippen molar-refractivity contribution in [2.24, 2.45) is 0 Å². The van der Waals surface area contributed by atoms with E-state index in [-0.39, 0.29) is 0 Å². The van der Waals surface area contributed by atoms with Crippen LogP contribution in [0.1, 0.15) is 35.2 Å². The normalized spacial score (nSPS) is 14.7. The Morgan fingerprint density at radius 1 is 1.19 bits per heavy atom. The summed E-state index contributed by atoms with van der Waals surface area (Å²) in [5.41, 5.74) is 13.1. The summed E-state index contributed by atoms with van der Waals surface area (Å²) >= 11 is 0. The predicted octanol–water partition coefficient (Wildman–Crippen LogP) is 3.62. The molecule has 0 spiro atoms. The zero-order valence-corrected chi connectivity index (χ0v) is 12.9. The van der Waals surface area contributed by atoms with Crippen molar-refractivity contribution >= 4 is 11.4 Å². The van der Waals surface area contributed by atoms with E-state index in [0.717, 1.165) is 35.6 Å². The first-order valence-electron chi connectivity index (χ1n) is 7.70. The van der Waals surface area contributed by atoms with Crippen molar-refractivity contribution in [3.8, 4) is 0 Å². The van der Waals surface area contributed by atoms with Crippen LogP contribution in [-0.4, -0.2) is 11.5 Å². The lowest BCUT2D eigenvalue weighted by Crippen LogP contribution is -2.25. The minimum Gasteiger partial charge on any atom is -0.398 e. The molecule has 0 radical (unpaired) electrons. The molecule has 2 heterocycles. The molecule has 0 aliphatic carbocycles. The van der Waals surface area contributed by atoms with Crippen molar-refractivity contribution in [1.29, 1.82) is 0 Å². The summed E-state index contributed by atoms with van der Waals surface area (Å²) in [4.78, 5) is 7.07. The topological polar surface area (TPSA) is 42.2 Å². The fraction of sp³-hybridized carbons (Fsp3) is 0.389. The first-order chi connectivity index (χ1) is 10.2. The number of aromatic nitrogens is 1. The molecule has 0 amide bonds. The van der Waals surface area contributed by atoms with E-state index in [1.54, 1.807) is 0 Å². The number of benzene rings is 1. The molecule has 0 fully saturated rings. The van der Waals surface area contributed by atoms with E-state index in [1.165, 1.54) is 30.5 Å². The van der Waals surface area contributed by atoms with Gasteiger partial charge in [-0.25, -0.2) is 0 Å². The molecule has 21 heavy (non-hydrogen) atoms. The quantitative estimate of drug-likeness (QED) is 0.914. The molecule has 3 rings (SSSR count). The third-order valence-electron chi connectivity index (χ3n) is 4.47. The zero-order chi connectivity index (χ0) is 14.8. The molecule has 0 unspecified atom stereocenters. The van der Waals surface area contributed by atoms with Crippen LogP contribution in [-0.2, 0) is 13.0 Å². The van der Waals surface area contributed by atoms with Crippen molar-refractivity contribution in [2.45, 2.75) is 39.7 Å². The van der Waals surface area contributed by atoms with Gasteiger partial charge >= 0.3 is 0 Å². The summed E-state index contributed by atoms with van der Waals surface area (Å²) in [5.74, 6) is 0. The minimum absolute atomic E-state index is 0.841. The number of para-hydroxylation sites is 1. The lowest BCUT2D eigenvalue weighted by molar-refractivity contribution is 0.706. The van der Waals surface area contributed by atoms with Crippen LogP contribution in [0.2, 0.25) is 0 Å². The lowest BCUT2D eigenvalue weighted by atomic mass is 10.1. The van der Waals surface area contributed by atoms with Gasteiger partial charge < -0.3 is 10.6 Å². The van der Waals surface area contributed by atoms with Crippen molar-refractivity contribution in [3.05, 3.63) is 52.8 Å². The fourth-order valence-corrected chi connectivity index (χ4v) is 3.07. The minimum atomic E-state index is 0.841. The van der Waals surface area contributed by atoms with Gasteiger partial charge in [0.05, 0.1) is 12.2 Å². The molecule has 0 atom stereocenters. The Morgan fingerprint density at radius 2 is 2.00 bits per heavy atom. The van der Waals surface area contributed by atoms with Crippen molar-refractivity contribution < 1.29 is 0 Å². The molecule has 0 saturated heterocycles. The Balaban J connectivity index is 1.93. The highest BCUT2D eigenvalue weighted by atomic mass is 15.1. The molecule has 0 saturated carbocycles. The smallest absolute Gasteiger partial charge is 0.0646 e. The van der Waals surface area contributed by atoms with Gasteiger partial charge in [-0.05, 0) is 55.9 Å². The third-order valence-corrected chi connectivity index (χ3v) is 4.47. The van der Waals surface area contributed by atoms with E-state index in [2.05, 4.69) is 41.1 Å². The molecule has 2 aromatic rings. The second-order valence-electron chi connectivity index (χ2n) is 5.93. The van der Waals surface area contributed by atoms with Crippen LogP contribution in [0.4, 0.5) is 11.4 Å². The Labute approximate surface area is 126 Å². The summed E-state index contributed by atoms with van der Waals surface area (Å²) < 4.78 is 0. The Hall–Kier alpha value is -2.03. The van der Waals surface area contributed by atoms with Gasteiger partial charge in [-0.1, -0.05) is 18.2 Å². The molecule has 110 valence electrons. The first-order valence-corrected chi connectivity index (χ1v) is 7.70. The number of nitrogen functional groups attached to an aromatic ring is 1. The maximum Gasteiger partial charge on any atom is 0.0646 e. The van der Waals surface area contributed by atoms with Gasteiger partial charge in [0.1, 0.15) is 0 Å². The highest BCUT2D eigenvalue weighted by Crippen LogP contribution is 2.28. The first kappa shape index (κ1) is 13.9. The van der Waals surface area contributed by atoms with Gasteiger partial charge in [0.25, 0.3) is 0 Å². The summed E-state index contributed by atoms with van der Waals surface area (Å²) in [6.45, 7) is 6.02. The second kappa shape index (κ2) is 5.76. The lowest BCUT2D eigenvalue weighted by Gasteiger charge is -2.25. The van der Waals surface area contributed by atoms with E-state index in [0.29, 0.717) is 0 Å². The van der Waals surface area contributed by atoms with Crippen LogP contribution in [0.25, 0.3) is 0 Å². The highest BCUT2D eigenvalue weighted by molar-refractivity contribution is 5.57. The number of pyridine rings is 1. The maximum absolute atomic E-state index is 6.15. The molecule has 1 aromatic carbocycles. The summed E-state index contributed by atoms with van der Waals surface area (Å²) in [6, 6.07) is 8.74. The monoisotopic (exact) mass is 281 g/mol. The third kappa shape index (κ3) is 2.73. The average molecular weight is 281 g/mol. The summed E-state index contributed by atoms with van der Waals surface area (Å²) in [7, 11) is 0. The number of fused-ring (bicyclic) bond motifs is 1. The van der Waals surface area contributed by atoms with Crippen LogP contribution >= 0.6 is 0 Å². The number of anilines is 2. The zero-order valence-electron chi connectivity index (χ0n) is 12.9. The Kier molecular flexibility index (Phi) is 3.82. The summed E-state index contributed by atoms with van der Waals surface area (Å²) in [6.07, 6.45) is 5.56. The van der Waals surface area contributed by atoms with E-state index in [9.17, 15) is 0 Å². The van der Waals surface area contributed by atoms with E-state index in [4.69, 9.17) is 5.73 Å². The van der Waals surface area contributed by atoms with Gasteiger partial charge in [0.15, 0.2) is 0 Å². The molecule has 0 bridgehead atoms. The van der Waals surface area contributed by atoms with Gasteiger partial charge in [0.2, 0.25) is 0 Å². The maximum atomic E-state index is 6.15. The molecule has 3 heteroatoms. The van der Waals surface area contributed by atoms with Crippen LogP contribution in [0.15, 0.2) is 30.5 Å². The van der Waals surface area contributed by atoms with Crippen molar-refractivity contribution in [3.63, 3.8) is 0 Å². The highest BCUT2D eigenvalue weighted by Gasteiger charge is 2.17. The second-order valence-corrected chi connectivity index (χ2v) is 5.93. The molecule has 1 aromatic heterocycles. The summed E-state index contributed by atoms with van der Waals surface area (Å²) in [5, 5.41) is 0. The number of hydrogen-bond donors (Lipinski definition) is 1. The molecule has 2 N–H and O–H groups in total. The van der Waals surface area contributed by atoms with Gasteiger partial charge in [0, 0.05) is 24.1 Å². The van der Waals surface area contributed by atoms with Crippen molar-refractivity contribution in [1.82, 2.24) is 4.98 Å². The van der Waals surface area contributed by atoms with E-state index < -0.39 is 0 Å². The standard InChI is InChI=1S/C18H23N3/c1-13-11-20-16(14(2)18(13)19)12-21-10-6-5-8-15-7-3-4-9-17(15)21/h3-4,7,9,11H,5-6,8,10,12H2,1-2H3,(H2,19,20). The number of aryl methyl sites for hydroxylation is 2. The van der Waals surface area contributed by atoms with Gasteiger partial charge in [-0.15, -0.1) is 0 Å². The number of rotatable bonds is 2. The fourth-order valence-electron chi connectivity index (χ4n) is 3.07. The number of nitrogens with zero attached hydrogens (tertiary/aromatic N) is 2. The van der Waals surface area contributed by atoms with Crippen molar-refractivity contribution in [2.75, 3.05) is 17.2 Å². The van der Waals surface area contributed by atoms with Gasteiger partial charge in [-0.3, -0.25) is 4.98 Å². The predicted molar refractivity (Wildman–Crippen MR) is 88.6 cm³/mol.